The SMILES string of the molecule is CCOc1ccc(Cl)cc1S(=O)(=O)N1CCC[C@@H](C(=O)N2C[C@@H](C(=O)OC)Oc3ccccc32)C1. The normalized spacial score (nSPS) is 20.5. The molecule has 1 amide bonds. The Balaban J connectivity index is 1.60. The first-order valence-electron chi connectivity index (χ1n) is 11.3. The number of anilines is 1. The molecule has 4 rings (SSSR count). The molecular formula is C24H27ClN2O7S. The molecule has 9 nitrogen and oxygen atoms in total. The molecule has 2 atom stereocenters. The second kappa shape index (κ2) is 10.4. The largest absolute Gasteiger partial charge is 0.492 e. The number of nitrogens with zero attached hydrogens (tertiary/aromatic N) is 2. The van der Waals surface area contributed by atoms with Gasteiger partial charge in [0.25, 0.3) is 0 Å². The van der Waals surface area contributed by atoms with Crippen molar-refractivity contribution in [2.75, 3.05) is 38.3 Å². The van der Waals surface area contributed by atoms with Crippen LogP contribution in [0.3, 0.4) is 0 Å². The van der Waals surface area contributed by atoms with E-state index in [0.717, 1.165) is 0 Å². The molecule has 1 saturated heterocycles. The number of rotatable bonds is 6. The standard InChI is InChI=1S/C24H27ClN2O7S/c1-3-33-20-11-10-17(25)13-22(20)35(30,31)26-12-6-7-16(14-26)23(28)27-15-21(24(29)32-2)34-19-9-5-4-8-18(19)27/h4-5,8-11,13,16,21H,3,6-7,12,14-15H2,1-2H3/t16-,21+/m1/s1. The van der Waals surface area contributed by atoms with Crippen LogP contribution in [0.15, 0.2) is 47.4 Å². The van der Waals surface area contributed by atoms with Crippen LogP contribution in [0.2, 0.25) is 5.02 Å². The molecule has 0 spiro atoms. The number of esters is 1. The molecule has 0 unspecified atom stereocenters. The van der Waals surface area contributed by atoms with Crippen LogP contribution in [-0.2, 0) is 24.3 Å². The second-order valence-corrected chi connectivity index (χ2v) is 10.6. The molecule has 0 radical (unpaired) electrons. The number of carbonyl (C=O) groups excluding carboxylic acids is 2. The van der Waals surface area contributed by atoms with Gasteiger partial charge in [-0.2, -0.15) is 4.31 Å². The molecule has 11 heteroatoms. The summed E-state index contributed by atoms with van der Waals surface area (Å²) in [5.74, 6) is -0.852. The first kappa shape index (κ1) is 25.3. The van der Waals surface area contributed by atoms with E-state index in [1.165, 1.54) is 28.4 Å². The van der Waals surface area contributed by atoms with Crippen molar-refractivity contribution in [1.82, 2.24) is 4.31 Å². The van der Waals surface area contributed by atoms with E-state index >= 15 is 0 Å². The smallest absolute Gasteiger partial charge is 0.348 e. The Morgan fingerprint density at radius 1 is 1.17 bits per heavy atom. The summed E-state index contributed by atoms with van der Waals surface area (Å²) in [5.41, 5.74) is 0.533. The van der Waals surface area contributed by atoms with Crippen molar-refractivity contribution in [2.45, 2.75) is 30.8 Å². The van der Waals surface area contributed by atoms with Crippen molar-refractivity contribution in [3.8, 4) is 11.5 Å². The summed E-state index contributed by atoms with van der Waals surface area (Å²) >= 11 is 6.09. The Labute approximate surface area is 209 Å². The van der Waals surface area contributed by atoms with Crippen molar-refractivity contribution in [3.63, 3.8) is 0 Å². The molecule has 2 aromatic rings. The Hall–Kier alpha value is -2.82. The molecule has 2 aromatic carbocycles. The number of ether oxygens (including phenoxy) is 3. The first-order valence-corrected chi connectivity index (χ1v) is 13.2. The third kappa shape index (κ3) is 5.10. The summed E-state index contributed by atoms with van der Waals surface area (Å²) in [6, 6.07) is 11.4. The number of para-hydroxylation sites is 2. The number of hydrogen-bond acceptors (Lipinski definition) is 7. The van der Waals surface area contributed by atoms with Gasteiger partial charge in [-0.1, -0.05) is 23.7 Å². The highest BCUT2D eigenvalue weighted by molar-refractivity contribution is 7.89. The highest BCUT2D eigenvalue weighted by Crippen LogP contribution is 2.37. The average Bonchev–Trinajstić information content (AvgIpc) is 2.88. The van der Waals surface area contributed by atoms with Crippen LogP contribution in [0.25, 0.3) is 0 Å². The van der Waals surface area contributed by atoms with E-state index < -0.39 is 28.0 Å². The van der Waals surface area contributed by atoms with Crippen molar-refractivity contribution in [1.29, 1.82) is 0 Å². The van der Waals surface area contributed by atoms with E-state index in [1.54, 1.807) is 37.3 Å². The number of benzene rings is 2. The highest BCUT2D eigenvalue weighted by atomic mass is 35.5. The Kier molecular flexibility index (Phi) is 7.53. The van der Waals surface area contributed by atoms with Gasteiger partial charge in [0.15, 0.2) is 0 Å². The minimum atomic E-state index is -3.97. The summed E-state index contributed by atoms with van der Waals surface area (Å²) in [7, 11) is -2.71. The molecule has 0 N–H and O–H groups in total. The third-order valence-corrected chi connectivity index (χ3v) is 8.18. The first-order chi connectivity index (χ1) is 16.8. The number of halogens is 1. The Bertz CT molecular complexity index is 1220. The summed E-state index contributed by atoms with van der Waals surface area (Å²) in [6.45, 7) is 2.32. The summed E-state index contributed by atoms with van der Waals surface area (Å²) in [6.07, 6.45) is 0.0516. The van der Waals surface area contributed by atoms with Crippen LogP contribution in [0, 0.1) is 5.92 Å². The number of amides is 1. The van der Waals surface area contributed by atoms with E-state index in [2.05, 4.69) is 0 Å². The lowest BCUT2D eigenvalue weighted by atomic mass is 9.97. The molecule has 0 saturated carbocycles. The van der Waals surface area contributed by atoms with Crippen LogP contribution in [0.1, 0.15) is 19.8 Å². The summed E-state index contributed by atoms with van der Waals surface area (Å²) in [4.78, 5) is 27.3. The Morgan fingerprint density at radius 2 is 1.94 bits per heavy atom. The number of methoxy groups -OCH3 is 1. The zero-order valence-corrected chi connectivity index (χ0v) is 21.0. The fraction of sp³-hybridized carbons (Fsp3) is 0.417. The summed E-state index contributed by atoms with van der Waals surface area (Å²) < 4.78 is 44.5. The average molecular weight is 523 g/mol. The van der Waals surface area contributed by atoms with Crippen molar-refractivity contribution in [2.24, 2.45) is 5.92 Å². The molecule has 1 fully saturated rings. The van der Waals surface area contributed by atoms with Crippen molar-refractivity contribution in [3.05, 3.63) is 47.5 Å². The number of sulfonamides is 1. The maximum atomic E-state index is 13.7. The maximum Gasteiger partial charge on any atom is 0.348 e. The van der Waals surface area contributed by atoms with Gasteiger partial charge in [-0.3, -0.25) is 4.79 Å². The van der Waals surface area contributed by atoms with Crippen molar-refractivity contribution < 1.29 is 32.2 Å². The van der Waals surface area contributed by atoms with Crippen LogP contribution in [-0.4, -0.2) is 64.1 Å². The molecular weight excluding hydrogens is 496 g/mol. The van der Waals surface area contributed by atoms with Gasteiger partial charge < -0.3 is 19.1 Å². The van der Waals surface area contributed by atoms with Gasteiger partial charge in [-0.05, 0) is 50.1 Å². The van der Waals surface area contributed by atoms with Crippen LogP contribution < -0.4 is 14.4 Å². The van der Waals surface area contributed by atoms with E-state index in [9.17, 15) is 18.0 Å². The molecule has 2 aliphatic heterocycles. The monoisotopic (exact) mass is 522 g/mol. The highest BCUT2D eigenvalue weighted by Gasteiger charge is 2.40. The van der Waals surface area contributed by atoms with Crippen LogP contribution >= 0.6 is 11.6 Å². The van der Waals surface area contributed by atoms with Crippen molar-refractivity contribution >= 4 is 39.2 Å². The van der Waals surface area contributed by atoms with Gasteiger partial charge >= 0.3 is 5.97 Å². The molecule has 35 heavy (non-hydrogen) atoms. The minimum absolute atomic E-state index is 0.00165. The summed E-state index contributed by atoms with van der Waals surface area (Å²) in [5, 5.41) is 0.274. The van der Waals surface area contributed by atoms with E-state index in [-0.39, 0.29) is 41.2 Å². The van der Waals surface area contributed by atoms with Gasteiger partial charge in [-0.25, -0.2) is 13.2 Å². The lowest BCUT2D eigenvalue weighted by molar-refractivity contribution is -0.148. The number of hydrogen-bond donors (Lipinski definition) is 0. The van der Waals surface area contributed by atoms with Gasteiger partial charge in [0.1, 0.15) is 16.4 Å². The van der Waals surface area contributed by atoms with Gasteiger partial charge in [0, 0.05) is 18.1 Å². The molecule has 0 bridgehead atoms. The van der Waals surface area contributed by atoms with Crippen LogP contribution in [0.5, 0.6) is 11.5 Å². The predicted octanol–water partition coefficient (Wildman–Crippen LogP) is 3.11. The van der Waals surface area contributed by atoms with E-state index in [1.807, 2.05) is 0 Å². The molecule has 0 aromatic heterocycles. The van der Waals surface area contributed by atoms with Crippen LogP contribution in [0.4, 0.5) is 5.69 Å². The molecule has 188 valence electrons. The zero-order valence-electron chi connectivity index (χ0n) is 19.5. The van der Waals surface area contributed by atoms with Gasteiger partial charge in [0.2, 0.25) is 22.0 Å². The third-order valence-electron chi connectivity index (χ3n) is 6.06. The topological polar surface area (TPSA) is 102 Å². The maximum absolute atomic E-state index is 13.7. The fourth-order valence-corrected chi connectivity index (χ4v) is 6.30. The minimum Gasteiger partial charge on any atom is -0.492 e. The second-order valence-electron chi connectivity index (χ2n) is 8.27. The lowest BCUT2D eigenvalue weighted by Gasteiger charge is -2.38. The number of fused-ring (bicyclic) bond motifs is 1. The van der Waals surface area contributed by atoms with Gasteiger partial charge in [0.05, 0.1) is 31.9 Å². The Morgan fingerprint density at radius 3 is 2.69 bits per heavy atom. The fourth-order valence-electron chi connectivity index (χ4n) is 4.38. The predicted molar refractivity (Wildman–Crippen MR) is 129 cm³/mol. The molecule has 0 aliphatic carbocycles. The molecule has 2 heterocycles. The zero-order chi connectivity index (χ0) is 25.2. The van der Waals surface area contributed by atoms with E-state index in [4.69, 9.17) is 25.8 Å². The number of carbonyl (C=O) groups is 2. The molecule has 2 aliphatic rings. The lowest BCUT2D eigenvalue weighted by Crippen LogP contribution is -2.52. The van der Waals surface area contributed by atoms with E-state index in [0.29, 0.717) is 30.9 Å². The van der Waals surface area contributed by atoms with Gasteiger partial charge in [-0.15, -0.1) is 0 Å². The number of piperidine rings is 1. The quantitative estimate of drug-likeness (QED) is 0.537.